The van der Waals surface area contributed by atoms with Crippen LogP contribution >= 0.6 is 23.2 Å². The van der Waals surface area contributed by atoms with E-state index < -0.39 is 6.23 Å². The molecule has 3 N–H and O–H groups in total. The topological polar surface area (TPSA) is 73.5 Å². The zero-order chi connectivity index (χ0) is 19.7. The van der Waals surface area contributed by atoms with E-state index in [1.807, 2.05) is 10.6 Å². The maximum atomic E-state index is 10.6. The molecule has 1 saturated heterocycles. The molecule has 1 aromatic carbocycles. The Kier molecular flexibility index (Phi) is 6.33. The van der Waals surface area contributed by atoms with Crippen LogP contribution in [0.3, 0.4) is 0 Å². The Balaban J connectivity index is 1.47. The quantitative estimate of drug-likeness (QED) is 0.617. The predicted octanol–water partition coefficient (Wildman–Crippen LogP) is 3.40. The van der Waals surface area contributed by atoms with Crippen LogP contribution in [-0.2, 0) is 6.54 Å². The van der Waals surface area contributed by atoms with E-state index in [0.717, 1.165) is 42.9 Å². The molecule has 2 aromatic rings. The number of benzene rings is 1. The molecular weight excluding hydrogens is 399 g/mol. The number of anilines is 1. The first-order valence-electron chi connectivity index (χ1n) is 10.2. The van der Waals surface area contributed by atoms with Crippen LogP contribution in [0.25, 0.3) is 11.0 Å². The Hall–Kier alpha value is -1.05. The van der Waals surface area contributed by atoms with Crippen molar-refractivity contribution in [3.05, 3.63) is 22.2 Å². The number of nitrogens with one attached hydrogen (secondary N) is 1. The van der Waals surface area contributed by atoms with Crippen molar-refractivity contribution in [1.82, 2.24) is 14.9 Å². The smallest absolute Gasteiger partial charge is 0.206 e. The fraction of sp³-hybridized carbons (Fsp3) is 0.650. The fourth-order valence-electron chi connectivity index (χ4n) is 4.55. The summed E-state index contributed by atoms with van der Waals surface area (Å²) in [7, 11) is 0. The summed E-state index contributed by atoms with van der Waals surface area (Å²) in [6, 6.07) is 4.06. The van der Waals surface area contributed by atoms with Crippen molar-refractivity contribution < 1.29 is 10.2 Å². The van der Waals surface area contributed by atoms with Crippen LogP contribution in [0.2, 0.25) is 10.0 Å². The molecule has 1 aliphatic carbocycles. The lowest BCUT2D eigenvalue weighted by Gasteiger charge is -2.36. The molecule has 2 heterocycles. The molecule has 1 aromatic heterocycles. The standard InChI is InChI=1S/C20H28Cl2N4O2/c21-15-11-17-18(12-16(15)22)26(9-10-27)20(24-17)25-7-5-13(6-8-25)19(28)23-14-3-1-2-4-14/h11-14,19,23,27-28H,1-10H2. The van der Waals surface area contributed by atoms with Gasteiger partial charge in [0.1, 0.15) is 6.23 Å². The minimum atomic E-state index is -0.431. The van der Waals surface area contributed by atoms with E-state index in [4.69, 9.17) is 28.2 Å². The molecule has 154 valence electrons. The van der Waals surface area contributed by atoms with Gasteiger partial charge >= 0.3 is 0 Å². The molecule has 1 saturated carbocycles. The molecule has 1 unspecified atom stereocenters. The SMILES string of the molecule is OCCn1c(N2CCC(C(O)NC3CCCC3)CC2)nc2cc(Cl)c(Cl)cc21. The van der Waals surface area contributed by atoms with Crippen molar-refractivity contribution in [2.75, 3.05) is 24.6 Å². The highest BCUT2D eigenvalue weighted by Crippen LogP contribution is 2.32. The molecule has 0 spiro atoms. The van der Waals surface area contributed by atoms with Gasteiger partial charge in [-0.2, -0.15) is 0 Å². The van der Waals surface area contributed by atoms with Crippen LogP contribution < -0.4 is 10.2 Å². The Labute approximate surface area is 175 Å². The Morgan fingerprint density at radius 3 is 2.46 bits per heavy atom. The molecule has 0 bridgehead atoms. The van der Waals surface area contributed by atoms with Crippen molar-refractivity contribution in [2.45, 2.75) is 57.3 Å². The van der Waals surface area contributed by atoms with Crippen molar-refractivity contribution >= 4 is 40.2 Å². The first-order chi connectivity index (χ1) is 13.6. The number of aromatic nitrogens is 2. The second-order valence-electron chi connectivity index (χ2n) is 7.96. The van der Waals surface area contributed by atoms with Crippen LogP contribution in [0.4, 0.5) is 5.95 Å². The fourth-order valence-corrected chi connectivity index (χ4v) is 4.87. The normalized spacial score (nSPS) is 20.4. The number of fused-ring (bicyclic) bond motifs is 1. The van der Waals surface area contributed by atoms with E-state index in [9.17, 15) is 10.2 Å². The maximum absolute atomic E-state index is 10.6. The van der Waals surface area contributed by atoms with Crippen molar-refractivity contribution in [3.63, 3.8) is 0 Å². The Bertz CT molecular complexity index is 814. The van der Waals surface area contributed by atoms with E-state index in [1.54, 1.807) is 6.07 Å². The summed E-state index contributed by atoms with van der Waals surface area (Å²) in [6.07, 6.45) is 6.25. The van der Waals surface area contributed by atoms with Gasteiger partial charge in [0.15, 0.2) is 0 Å². The number of hydrogen-bond donors (Lipinski definition) is 3. The third-order valence-electron chi connectivity index (χ3n) is 6.12. The van der Waals surface area contributed by atoms with Gasteiger partial charge in [0.2, 0.25) is 5.95 Å². The molecule has 2 fully saturated rings. The first-order valence-corrected chi connectivity index (χ1v) is 11.0. The second kappa shape index (κ2) is 8.76. The summed E-state index contributed by atoms with van der Waals surface area (Å²) in [6.45, 7) is 2.13. The highest BCUT2D eigenvalue weighted by molar-refractivity contribution is 6.42. The van der Waals surface area contributed by atoms with Crippen molar-refractivity contribution in [1.29, 1.82) is 0 Å². The predicted molar refractivity (Wildman–Crippen MR) is 113 cm³/mol. The van der Waals surface area contributed by atoms with Gasteiger partial charge in [-0.1, -0.05) is 36.0 Å². The molecule has 1 atom stereocenters. The summed E-state index contributed by atoms with van der Waals surface area (Å²) >= 11 is 12.4. The lowest BCUT2D eigenvalue weighted by molar-refractivity contribution is 0.0512. The van der Waals surface area contributed by atoms with Gasteiger partial charge in [-0.25, -0.2) is 4.98 Å². The molecule has 1 aliphatic heterocycles. The first kappa shape index (κ1) is 20.2. The highest BCUT2D eigenvalue weighted by Gasteiger charge is 2.29. The van der Waals surface area contributed by atoms with Crippen molar-refractivity contribution in [3.8, 4) is 0 Å². The van der Waals surface area contributed by atoms with Gasteiger partial charge in [0.25, 0.3) is 0 Å². The zero-order valence-electron chi connectivity index (χ0n) is 15.9. The molecule has 6 nitrogen and oxygen atoms in total. The largest absolute Gasteiger partial charge is 0.395 e. The van der Waals surface area contributed by atoms with Crippen molar-refractivity contribution in [2.24, 2.45) is 5.92 Å². The van der Waals surface area contributed by atoms with Crippen LogP contribution in [0, 0.1) is 5.92 Å². The number of aliphatic hydroxyl groups excluding tert-OH is 2. The van der Waals surface area contributed by atoms with Gasteiger partial charge in [-0.05, 0) is 37.8 Å². The molecule has 0 amide bonds. The minimum absolute atomic E-state index is 0.0270. The summed E-state index contributed by atoms with van der Waals surface area (Å²) in [5.74, 6) is 1.09. The molecule has 2 aliphatic rings. The molecular formula is C20H28Cl2N4O2. The van der Waals surface area contributed by atoms with Crippen LogP contribution in [0.1, 0.15) is 38.5 Å². The van der Waals surface area contributed by atoms with Gasteiger partial charge in [-0.15, -0.1) is 0 Å². The average Bonchev–Trinajstić information content (AvgIpc) is 3.31. The molecule has 28 heavy (non-hydrogen) atoms. The lowest BCUT2D eigenvalue weighted by Crippen LogP contribution is -2.46. The molecule has 0 radical (unpaired) electrons. The van der Waals surface area contributed by atoms with Gasteiger partial charge < -0.3 is 19.7 Å². The van der Waals surface area contributed by atoms with Gasteiger partial charge in [0, 0.05) is 31.6 Å². The second-order valence-corrected chi connectivity index (χ2v) is 8.77. The Morgan fingerprint density at radius 2 is 1.79 bits per heavy atom. The summed E-state index contributed by atoms with van der Waals surface area (Å²) in [4.78, 5) is 7.00. The average molecular weight is 427 g/mol. The van der Waals surface area contributed by atoms with E-state index >= 15 is 0 Å². The lowest BCUT2D eigenvalue weighted by atomic mass is 9.94. The van der Waals surface area contributed by atoms with Gasteiger partial charge in [0.05, 0.1) is 27.7 Å². The number of piperidine rings is 1. The highest BCUT2D eigenvalue weighted by atomic mass is 35.5. The number of rotatable bonds is 6. The molecule has 8 heteroatoms. The minimum Gasteiger partial charge on any atom is -0.395 e. The van der Waals surface area contributed by atoms with Crippen LogP contribution in [-0.4, -0.2) is 51.7 Å². The summed E-state index contributed by atoms with van der Waals surface area (Å²) in [5.41, 5.74) is 1.66. The van der Waals surface area contributed by atoms with Crippen LogP contribution in [0.5, 0.6) is 0 Å². The summed E-state index contributed by atoms with van der Waals surface area (Å²) in [5, 5.41) is 24.5. The van der Waals surface area contributed by atoms with E-state index in [1.165, 1.54) is 25.7 Å². The summed E-state index contributed by atoms with van der Waals surface area (Å²) < 4.78 is 2.01. The van der Waals surface area contributed by atoms with E-state index in [-0.39, 0.29) is 12.5 Å². The van der Waals surface area contributed by atoms with E-state index in [2.05, 4.69) is 10.2 Å². The van der Waals surface area contributed by atoms with E-state index in [0.29, 0.717) is 22.6 Å². The number of halogens is 2. The maximum Gasteiger partial charge on any atom is 0.206 e. The molecule has 4 rings (SSSR count). The number of nitrogens with zero attached hydrogens (tertiary/aromatic N) is 3. The Morgan fingerprint density at radius 1 is 1.11 bits per heavy atom. The number of imidazole rings is 1. The zero-order valence-corrected chi connectivity index (χ0v) is 17.5. The number of hydrogen-bond acceptors (Lipinski definition) is 5. The third kappa shape index (κ3) is 4.12. The monoisotopic (exact) mass is 426 g/mol. The third-order valence-corrected chi connectivity index (χ3v) is 6.85. The van der Waals surface area contributed by atoms with Gasteiger partial charge in [-0.3, -0.25) is 5.32 Å². The number of aliphatic hydroxyl groups is 2. The van der Waals surface area contributed by atoms with Crippen LogP contribution in [0.15, 0.2) is 12.1 Å².